The summed E-state index contributed by atoms with van der Waals surface area (Å²) in [7, 11) is 0. The standard InChI is InChI=1S/C19H17N3O3S2/c23-18(12-26-10-14-3-1-2-6-20-14)22-19-21-15(11-27-19)13-4-5-16-17(9-13)25-8-7-24-16/h1-6,9,11H,7-8,10,12H2,(H,21,22,23). The lowest BCUT2D eigenvalue weighted by atomic mass is 10.1. The zero-order chi connectivity index (χ0) is 18.5. The van der Waals surface area contributed by atoms with Gasteiger partial charge in [-0.05, 0) is 30.3 Å². The molecule has 0 saturated carbocycles. The normalized spacial score (nSPS) is 12.6. The molecule has 0 bridgehead atoms. The quantitative estimate of drug-likeness (QED) is 0.679. The maximum atomic E-state index is 12.1. The number of thiazole rings is 1. The summed E-state index contributed by atoms with van der Waals surface area (Å²) < 4.78 is 11.1. The first-order chi connectivity index (χ1) is 13.3. The Balaban J connectivity index is 1.33. The van der Waals surface area contributed by atoms with Gasteiger partial charge in [-0.25, -0.2) is 4.98 Å². The summed E-state index contributed by atoms with van der Waals surface area (Å²) >= 11 is 2.93. The van der Waals surface area contributed by atoms with Gasteiger partial charge in [-0.2, -0.15) is 0 Å². The monoisotopic (exact) mass is 399 g/mol. The van der Waals surface area contributed by atoms with Crippen LogP contribution >= 0.6 is 23.1 Å². The molecule has 6 nitrogen and oxygen atoms in total. The SMILES string of the molecule is O=C(CSCc1ccccn1)Nc1nc(-c2ccc3c(c2)OCCO3)cs1. The lowest BCUT2D eigenvalue weighted by Crippen LogP contribution is -2.15. The molecule has 3 heterocycles. The van der Waals surface area contributed by atoms with Crippen molar-refractivity contribution in [2.45, 2.75) is 5.75 Å². The minimum absolute atomic E-state index is 0.0704. The summed E-state index contributed by atoms with van der Waals surface area (Å²) in [5.41, 5.74) is 2.69. The first-order valence-corrected chi connectivity index (χ1v) is 10.4. The summed E-state index contributed by atoms with van der Waals surface area (Å²) in [4.78, 5) is 20.9. The van der Waals surface area contributed by atoms with Gasteiger partial charge in [0, 0.05) is 22.9 Å². The number of thioether (sulfide) groups is 1. The fourth-order valence-corrected chi connectivity index (χ4v) is 4.03. The second kappa shape index (κ2) is 8.41. The van der Waals surface area contributed by atoms with Crippen molar-refractivity contribution in [3.05, 3.63) is 53.7 Å². The Morgan fingerprint density at radius 1 is 1.19 bits per heavy atom. The molecule has 0 unspecified atom stereocenters. The van der Waals surface area contributed by atoms with Crippen molar-refractivity contribution < 1.29 is 14.3 Å². The van der Waals surface area contributed by atoms with E-state index >= 15 is 0 Å². The predicted octanol–water partition coefficient (Wildman–Crippen LogP) is 3.85. The molecule has 0 radical (unpaired) electrons. The van der Waals surface area contributed by atoms with Gasteiger partial charge in [-0.1, -0.05) is 6.07 Å². The van der Waals surface area contributed by atoms with Gasteiger partial charge in [0.1, 0.15) is 13.2 Å². The fraction of sp³-hybridized carbons (Fsp3) is 0.211. The molecule has 8 heteroatoms. The molecular formula is C19H17N3O3S2. The topological polar surface area (TPSA) is 73.3 Å². The number of amides is 1. The number of carbonyl (C=O) groups excluding carboxylic acids is 1. The van der Waals surface area contributed by atoms with Crippen LogP contribution < -0.4 is 14.8 Å². The zero-order valence-corrected chi connectivity index (χ0v) is 16.0. The third-order valence-electron chi connectivity index (χ3n) is 3.80. The highest BCUT2D eigenvalue weighted by Gasteiger charge is 2.14. The van der Waals surface area contributed by atoms with Crippen LogP contribution in [0.25, 0.3) is 11.3 Å². The lowest BCUT2D eigenvalue weighted by molar-refractivity contribution is -0.113. The van der Waals surface area contributed by atoms with Crippen molar-refractivity contribution in [1.29, 1.82) is 0 Å². The van der Waals surface area contributed by atoms with Crippen LogP contribution in [0, 0.1) is 0 Å². The third kappa shape index (κ3) is 4.58. The molecule has 27 heavy (non-hydrogen) atoms. The number of hydrogen-bond donors (Lipinski definition) is 1. The highest BCUT2D eigenvalue weighted by atomic mass is 32.2. The number of fused-ring (bicyclic) bond motifs is 1. The van der Waals surface area contributed by atoms with Gasteiger partial charge in [0.2, 0.25) is 5.91 Å². The maximum absolute atomic E-state index is 12.1. The molecule has 4 rings (SSSR count). The molecule has 0 atom stereocenters. The van der Waals surface area contributed by atoms with E-state index in [2.05, 4.69) is 15.3 Å². The number of ether oxygens (including phenoxy) is 2. The first-order valence-electron chi connectivity index (χ1n) is 8.41. The van der Waals surface area contributed by atoms with Crippen LogP contribution in [-0.2, 0) is 10.5 Å². The number of benzene rings is 1. The van der Waals surface area contributed by atoms with Crippen LogP contribution in [0.5, 0.6) is 11.5 Å². The molecule has 1 aliphatic rings. The molecule has 0 fully saturated rings. The minimum Gasteiger partial charge on any atom is -0.486 e. The summed E-state index contributed by atoms with van der Waals surface area (Å²) in [6, 6.07) is 11.5. The number of carbonyl (C=O) groups is 1. The van der Waals surface area contributed by atoms with Crippen molar-refractivity contribution in [3.8, 4) is 22.8 Å². The van der Waals surface area contributed by atoms with Crippen molar-refractivity contribution in [1.82, 2.24) is 9.97 Å². The molecule has 0 aliphatic carbocycles. The van der Waals surface area contributed by atoms with Gasteiger partial charge in [-0.3, -0.25) is 9.78 Å². The Kier molecular flexibility index (Phi) is 5.55. The molecule has 1 aliphatic heterocycles. The van der Waals surface area contributed by atoms with E-state index in [0.29, 0.717) is 29.9 Å². The molecule has 1 aromatic carbocycles. The van der Waals surface area contributed by atoms with Gasteiger partial charge < -0.3 is 14.8 Å². The van der Waals surface area contributed by atoms with Gasteiger partial charge >= 0.3 is 0 Å². The van der Waals surface area contributed by atoms with E-state index in [1.54, 1.807) is 6.20 Å². The van der Waals surface area contributed by atoms with Crippen molar-refractivity contribution >= 4 is 34.1 Å². The molecule has 1 amide bonds. The van der Waals surface area contributed by atoms with E-state index in [1.165, 1.54) is 23.1 Å². The Labute approximate surface area is 165 Å². The van der Waals surface area contributed by atoms with E-state index in [4.69, 9.17) is 9.47 Å². The van der Waals surface area contributed by atoms with E-state index in [-0.39, 0.29) is 5.91 Å². The number of pyridine rings is 1. The number of aromatic nitrogens is 2. The summed E-state index contributed by atoms with van der Waals surface area (Å²) in [5, 5.41) is 5.36. The number of hydrogen-bond acceptors (Lipinski definition) is 7. The Hall–Kier alpha value is -2.58. The third-order valence-corrected chi connectivity index (χ3v) is 5.52. The van der Waals surface area contributed by atoms with Gasteiger partial charge in [0.15, 0.2) is 16.6 Å². The number of nitrogens with one attached hydrogen (secondary N) is 1. The van der Waals surface area contributed by atoms with Crippen LogP contribution in [0.4, 0.5) is 5.13 Å². The van der Waals surface area contributed by atoms with Crippen LogP contribution in [0.2, 0.25) is 0 Å². The van der Waals surface area contributed by atoms with Crippen molar-refractivity contribution in [2.24, 2.45) is 0 Å². The molecule has 3 aromatic rings. The average Bonchev–Trinajstić information content (AvgIpc) is 3.17. The minimum atomic E-state index is -0.0704. The molecular weight excluding hydrogens is 382 g/mol. The van der Waals surface area contributed by atoms with E-state index in [9.17, 15) is 4.79 Å². The second-order valence-corrected chi connectivity index (χ2v) is 7.60. The molecule has 0 spiro atoms. The van der Waals surface area contributed by atoms with Crippen LogP contribution in [0.3, 0.4) is 0 Å². The van der Waals surface area contributed by atoms with Crippen LogP contribution in [0.15, 0.2) is 48.0 Å². The smallest absolute Gasteiger partial charge is 0.236 e. The lowest BCUT2D eigenvalue weighted by Gasteiger charge is -2.18. The van der Waals surface area contributed by atoms with Crippen LogP contribution in [-0.4, -0.2) is 34.8 Å². The van der Waals surface area contributed by atoms with E-state index in [1.807, 2.05) is 41.8 Å². The highest BCUT2D eigenvalue weighted by molar-refractivity contribution is 7.99. The number of rotatable bonds is 6. The Morgan fingerprint density at radius 2 is 2.07 bits per heavy atom. The predicted molar refractivity (Wildman–Crippen MR) is 108 cm³/mol. The van der Waals surface area contributed by atoms with E-state index < -0.39 is 0 Å². The second-order valence-electron chi connectivity index (χ2n) is 5.76. The zero-order valence-electron chi connectivity index (χ0n) is 14.4. The Morgan fingerprint density at radius 3 is 2.93 bits per heavy atom. The van der Waals surface area contributed by atoms with Gasteiger partial charge in [0.25, 0.3) is 0 Å². The molecule has 138 valence electrons. The summed E-state index contributed by atoms with van der Waals surface area (Å²) in [6.45, 7) is 1.11. The molecule has 0 saturated heterocycles. The molecule has 2 aromatic heterocycles. The van der Waals surface area contributed by atoms with Crippen molar-refractivity contribution in [2.75, 3.05) is 24.3 Å². The molecule has 1 N–H and O–H groups in total. The first kappa shape index (κ1) is 17.8. The largest absolute Gasteiger partial charge is 0.486 e. The van der Waals surface area contributed by atoms with Gasteiger partial charge in [0.05, 0.1) is 17.1 Å². The number of anilines is 1. The fourth-order valence-electron chi connectivity index (χ4n) is 2.55. The highest BCUT2D eigenvalue weighted by Crippen LogP contribution is 2.35. The summed E-state index contributed by atoms with van der Waals surface area (Å²) in [5.74, 6) is 2.46. The number of nitrogens with zero attached hydrogens (tertiary/aromatic N) is 2. The van der Waals surface area contributed by atoms with E-state index in [0.717, 1.165) is 28.5 Å². The van der Waals surface area contributed by atoms with Crippen LogP contribution in [0.1, 0.15) is 5.69 Å². The summed E-state index contributed by atoms with van der Waals surface area (Å²) in [6.07, 6.45) is 1.75. The van der Waals surface area contributed by atoms with Gasteiger partial charge in [-0.15, -0.1) is 23.1 Å². The van der Waals surface area contributed by atoms with Crippen molar-refractivity contribution in [3.63, 3.8) is 0 Å². The maximum Gasteiger partial charge on any atom is 0.236 e. The Bertz CT molecular complexity index is 931. The average molecular weight is 399 g/mol.